The van der Waals surface area contributed by atoms with Gasteiger partial charge in [0.25, 0.3) is 0 Å². The normalized spacial score (nSPS) is 14.1. The largest absolute Gasteiger partial charge is 0.586 e. The van der Waals surface area contributed by atoms with Crippen LogP contribution in [0.2, 0.25) is 0 Å². The van der Waals surface area contributed by atoms with E-state index >= 15 is 0 Å². The molecule has 0 spiro atoms. The zero-order valence-electron chi connectivity index (χ0n) is 18.1. The van der Waals surface area contributed by atoms with Crippen molar-refractivity contribution in [3.63, 3.8) is 0 Å². The van der Waals surface area contributed by atoms with Crippen LogP contribution in [-0.4, -0.2) is 20.8 Å². The molecule has 0 radical (unpaired) electrons. The summed E-state index contributed by atoms with van der Waals surface area (Å²) in [7, 11) is 1.73. The smallest absolute Gasteiger partial charge is 0.395 e. The Balaban J connectivity index is 1.45. The summed E-state index contributed by atoms with van der Waals surface area (Å²) in [4.78, 5) is 19.4. The van der Waals surface area contributed by atoms with Crippen molar-refractivity contribution in [1.29, 1.82) is 0 Å². The first-order valence-corrected chi connectivity index (χ1v) is 10.5. The number of nitrogens with one attached hydrogen (secondary N) is 2. The highest BCUT2D eigenvalue weighted by molar-refractivity contribution is 6.04. The monoisotopic (exact) mass is 460 g/mol. The van der Waals surface area contributed by atoms with Gasteiger partial charge >= 0.3 is 12.0 Å². The number of benzene rings is 3. The number of rotatable bonds is 3. The second-order valence-corrected chi connectivity index (χ2v) is 8.19. The summed E-state index contributed by atoms with van der Waals surface area (Å²) >= 11 is 0. The van der Waals surface area contributed by atoms with Crippen LogP contribution < -0.4 is 20.5 Å². The second-order valence-electron chi connectivity index (χ2n) is 8.19. The minimum atomic E-state index is -3.67. The molecular weight excluding hydrogens is 442 g/mol. The summed E-state index contributed by atoms with van der Waals surface area (Å²) in [6.45, 7) is 2.03. The second kappa shape index (κ2) is 7.05. The van der Waals surface area contributed by atoms with Crippen LogP contribution in [0, 0.1) is 6.92 Å². The Hall–Kier alpha value is -4.40. The molecule has 2 N–H and O–H groups in total. The van der Waals surface area contributed by atoms with Crippen LogP contribution in [0.1, 0.15) is 5.56 Å². The molecule has 0 atom stereocenters. The number of aryl methyl sites for hydroxylation is 2. The minimum absolute atomic E-state index is 0.0197. The number of hydrogen-bond acceptors (Lipinski definition) is 5. The molecule has 6 rings (SSSR count). The van der Waals surface area contributed by atoms with Crippen molar-refractivity contribution >= 4 is 33.3 Å². The maximum absolute atomic E-state index is 13.4. The van der Waals surface area contributed by atoms with E-state index in [9.17, 15) is 13.6 Å². The molecule has 1 aliphatic heterocycles. The van der Waals surface area contributed by atoms with Crippen LogP contribution in [0.25, 0.3) is 32.9 Å². The van der Waals surface area contributed by atoms with Gasteiger partial charge in [-0.15, -0.1) is 8.78 Å². The molecule has 9 heteroatoms. The number of anilines is 2. The van der Waals surface area contributed by atoms with Crippen LogP contribution in [-0.2, 0) is 7.05 Å². The topological polar surface area (TPSA) is 81.2 Å². The quantitative estimate of drug-likeness (QED) is 0.374. The van der Waals surface area contributed by atoms with Gasteiger partial charge in [0.15, 0.2) is 11.5 Å². The summed E-state index contributed by atoms with van der Waals surface area (Å²) < 4.78 is 37.3. The summed E-state index contributed by atoms with van der Waals surface area (Å²) in [6, 6.07) is 16.3. The van der Waals surface area contributed by atoms with E-state index in [1.165, 1.54) is 12.1 Å². The molecule has 5 aromatic rings. The van der Waals surface area contributed by atoms with E-state index in [4.69, 9.17) is 0 Å². The molecule has 0 unspecified atom stereocenters. The fourth-order valence-electron chi connectivity index (χ4n) is 4.40. The van der Waals surface area contributed by atoms with Crippen LogP contribution >= 0.6 is 0 Å². The van der Waals surface area contributed by atoms with Crippen molar-refractivity contribution in [2.45, 2.75) is 13.2 Å². The molecule has 0 amide bonds. The van der Waals surface area contributed by atoms with Crippen molar-refractivity contribution in [3.8, 4) is 22.6 Å². The number of hydrogen-bond donors (Lipinski definition) is 2. The first-order chi connectivity index (χ1) is 16.3. The zero-order chi connectivity index (χ0) is 23.6. The van der Waals surface area contributed by atoms with Crippen molar-refractivity contribution in [2.75, 3.05) is 5.32 Å². The highest BCUT2D eigenvalue weighted by Gasteiger charge is 2.43. The lowest BCUT2D eigenvalue weighted by atomic mass is 9.94. The first kappa shape index (κ1) is 20.2. The van der Waals surface area contributed by atoms with Crippen molar-refractivity contribution in [3.05, 3.63) is 76.8 Å². The lowest BCUT2D eigenvalue weighted by molar-refractivity contribution is -0.286. The maximum atomic E-state index is 13.4. The molecule has 34 heavy (non-hydrogen) atoms. The van der Waals surface area contributed by atoms with Gasteiger partial charge < -0.3 is 19.8 Å². The highest BCUT2D eigenvalue weighted by atomic mass is 19.3. The lowest BCUT2D eigenvalue weighted by Crippen LogP contribution is -2.25. The molecule has 1 aliphatic rings. The Bertz CT molecular complexity index is 1670. The molecule has 170 valence electrons. The van der Waals surface area contributed by atoms with Gasteiger partial charge in [-0.2, -0.15) is 0 Å². The molecule has 0 saturated heterocycles. The van der Waals surface area contributed by atoms with Crippen LogP contribution in [0.4, 0.5) is 20.3 Å². The molecule has 0 aliphatic carbocycles. The molecular formula is C25H18F2N4O3. The van der Waals surface area contributed by atoms with Gasteiger partial charge in [0, 0.05) is 30.4 Å². The standard InChI is InChI=1S/C25H18F2N4O3/c1-13-3-6-17-16(22(13)14-4-7-19-18(11-14)30-24(32)31(19)2)9-10-28-23(17)29-15-5-8-20-21(12-15)34-25(26,27)33-20/h3-12H,1-2H3,(H,28,29)(H,30,32). The average Bonchev–Trinajstić information content (AvgIpc) is 3.26. The Morgan fingerprint density at radius 3 is 2.68 bits per heavy atom. The van der Waals surface area contributed by atoms with Crippen molar-refractivity contribution < 1.29 is 18.3 Å². The van der Waals surface area contributed by atoms with Crippen LogP contribution in [0.5, 0.6) is 11.5 Å². The number of aromatic nitrogens is 3. The average molecular weight is 460 g/mol. The van der Waals surface area contributed by atoms with E-state index in [2.05, 4.69) is 24.8 Å². The Labute approximate surface area is 191 Å². The maximum Gasteiger partial charge on any atom is 0.586 e. The molecule has 0 fully saturated rings. The molecule has 7 nitrogen and oxygen atoms in total. The fourth-order valence-corrected chi connectivity index (χ4v) is 4.40. The van der Waals surface area contributed by atoms with Gasteiger partial charge in [-0.05, 0) is 59.3 Å². The van der Waals surface area contributed by atoms with Gasteiger partial charge in [-0.3, -0.25) is 4.57 Å². The predicted molar refractivity (Wildman–Crippen MR) is 125 cm³/mol. The van der Waals surface area contributed by atoms with Gasteiger partial charge in [0.05, 0.1) is 11.0 Å². The summed E-state index contributed by atoms with van der Waals surface area (Å²) in [5.74, 6) is 0.504. The number of imidazole rings is 1. The number of alkyl halides is 2. The van der Waals surface area contributed by atoms with Crippen molar-refractivity contribution in [2.24, 2.45) is 7.05 Å². The van der Waals surface area contributed by atoms with E-state index in [1.54, 1.807) is 23.9 Å². The van der Waals surface area contributed by atoms with Gasteiger partial charge in [0.2, 0.25) is 0 Å². The lowest BCUT2D eigenvalue weighted by Gasteiger charge is -2.14. The Morgan fingerprint density at radius 2 is 1.82 bits per heavy atom. The molecule has 2 aromatic heterocycles. The van der Waals surface area contributed by atoms with Gasteiger partial charge in [-0.25, -0.2) is 9.78 Å². The van der Waals surface area contributed by atoms with E-state index < -0.39 is 6.29 Å². The van der Waals surface area contributed by atoms with Crippen molar-refractivity contribution in [1.82, 2.24) is 14.5 Å². The third-order valence-corrected chi connectivity index (χ3v) is 6.01. The molecule has 3 aromatic carbocycles. The van der Waals surface area contributed by atoms with E-state index in [0.717, 1.165) is 38.5 Å². The van der Waals surface area contributed by atoms with Crippen LogP contribution in [0.15, 0.2) is 65.6 Å². The number of halogens is 2. The number of ether oxygens (including phenoxy) is 2. The minimum Gasteiger partial charge on any atom is -0.395 e. The zero-order valence-corrected chi connectivity index (χ0v) is 18.1. The highest BCUT2D eigenvalue weighted by Crippen LogP contribution is 2.43. The first-order valence-electron chi connectivity index (χ1n) is 10.5. The van der Waals surface area contributed by atoms with E-state index in [-0.39, 0.29) is 17.2 Å². The molecule has 3 heterocycles. The Kier molecular flexibility index (Phi) is 4.19. The number of pyridine rings is 1. The number of fused-ring (bicyclic) bond motifs is 3. The fraction of sp³-hybridized carbons (Fsp3) is 0.120. The summed E-state index contributed by atoms with van der Waals surface area (Å²) in [6.07, 6.45) is -1.98. The SMILES string of the molecule is Cc1ccc2c(Nc3ccc4c(c3)OC(F)(F)O4)nccc2c1-c1ccc2c(c1)[nH]c(=O)n2C. The number of H-pyrrole nitrogens is 1. The molecule has 0 saturated carbocycles. The third-order valence-electron chi connectivity index (χ3n) is 6.01. The van der Waals surface area contributed by atoms with E-state index in [0.29, 0.717) is 11.5 Å². The van der Waals surface area contributed by atoms with Crippen LogP contribution in [0.3, 0.4) is 0 Å². The molecule has 0 bridgehead atoms. The number of nitrogens with zero attached hydrogens (tertiary/aromatic N) is 2. The predicted octanol–water partition coefficient (Wildman–Crippen LogP) is 5.46. The summed E-state index contributed by atoms with van der Waals surface area (Å²) in [5.41, 5.74) is 4.98. The third kappa shape index (κ3) is 3.16. The Morgan fingerprint density at radius 1 is 1.00 bits per heavy atom. The summed E-state index contributed by atoms with van der Waals surface area (Å²) in [5, 5.41) is 5.02. The van der Waals surface area contributed by atoms with Gasteiger partial charge in [0.1, 0.15) is 5.82 Å². The van der Waals surface area contributed by atoms with E-state index in [1.807, 2.05) is 43.3 Å². The number of aromatic amines is 1. The van der Waals surface area contributed by atoms with Gasteiger partial charge in [-0.1, -0.05) is 18.2 Å².